The summed E-state index contributed by atoms with van der Waals surface area (Å²) in [7, 11) is 1.79. The number of hydrogen-bond donors (Lipinski definition) is 2. The molecule has 0 saturated heterocycles. The van der Waals surface area contributed by atoms with Crippen LogP contribution in [0, 0.1) is 0 Å². The van der Waals surface area contributed by atoms with E-state index >= 15 is 0 Å². The summed E-state index contributed by atoms with van der Waals surface area (Å²) in [5.74, 6) is 0.850. The second kappa shape index (κ2) is 13.0. The summed E-state index contributed by atoms with van der Waals surface area (Å²) in [6.45, 7) is 5.38. The molecule has 1 rings (SSSR count). The second-order valence-electron chi connectivity index (χ2n) is 4.46. The minimum absolute atomic E-state index is 0. The van der Waals surface area contributed by atoms with Gasteiger partial charge in [-0.05, 0) is 24.8 Å². The highest BCUT2D eigenvalue weighted by Gasteiger charge is 1.95. The zero-order chi connectivity index (χ0) is 13.8. The van der Waals surface area contributed by atoms with Crippen LogP contribution in [-0.4, -0.2) is 26.1 Å². The van der Waals surface area contributed by atoms with Gasteiger partial charge >= 0.3 is 0 Å². The predicted octanol–water partition coefficient (Wildman–Crippen LogP) is 3.37. The first kappa shape index (κ1) is 19.0. The quantitative estimate of drug-likeness (QED) is 0.236. The van der Waals surface area contributed by atoms with Gasteiger partial charge in [-0.15, -0.1) is 30.6 Å². The Morgan fingerprint density at radius 1 is 1.15 bits per heavy atom. The number of nitrogens with one attached hydrogen (secondary N) is 2. The second-order valence-corrected chi connectivity index (χ2v) is 4.46. The van der Waals surface area contributed by atoms with E-state index in [1.807, 2.05) is 6.08 Å². The summed E-state index contributed by atoms with van der Waals surface area (Å²) in [4.78, 5) is 4.14. The third kappa shape index (κ3) is 8.96. The number of unbranched alkanes of at least 4 members (excludes halogenated alkanes) is 2. The molecule has 1 aromatic rings. The van der Waals surface area contributed by atoms with Gasteiger partial charge in [0, 0.05) is 20.1 Å². The van der Waals surface area contributed by atoms with Crippen LogP contribution in [0.4, 0.5) is 0 Å². The fraction of sp³-hybridized carbons (Fsp3) is 0.438. The highest BCUT2D eigenvalue weighted by atomic mass is 127. The van der Waals surface area contributed by atoms with Crippen molar-refractivity contribution >= 4 is 29.9 Å². The first-order valence-corrected chi connectivity index (χ1v) is 6.96. The zero-order valence-electron chi connectivity index (χ0n) is 12.3. The molecule has 0 amide bonds. The average molecular weight is 387 g/mol. The molecular formula is C16H26IN3. The normalized spacial score (nSPS) is 10.6. The topological polar surface area (TPSA) is 36.4 Å². The van der Waals surface area contributed by atoms with Gasteiger partial charge in [0.25, 0.3) is 0 Å². The van der Waals surface area contributed by atoms with Gasteiger partial charge in [0.2, 0.25) is 0 Å². The number of aliphatic imine (C=N–C) groups is 1. The van der Waals surface area contributed by atoms with Crippen molar-refractivity contribution in [1.29, 1.82) is 0 Å². The van der Waals surface area contributed by atoms with Crippen molar-refractivity contribution < 1.29 is 0 Å². The standard InChI is InChI=1S/C16H25N3.HI/c1-3-13-18-16(17-2)19-14-9-5-8-12-15-10-6-4-7-11-15;/h3-4,6-7,10-11H,1,5,8-9,12-14H2,2H3,(H2,17,18,19);1H. The van der Waals surface area contributed by atoms with Gasteiger partial charge in [0.05, 0.1) is 0 Å². The van der Waals surface area contributed by atoms with E-state index < -0.39 is 0 Å². The summed E-state index contributed by atoms with van der Waals surface area (Å²) in [5.41, 5.74) is 1.43. The molecule has 112 valence electrons. The van der Waals surface area contributed by atoms with Gasteiger partial charge in [0.15, 0.2) is 5.96 Å². The maximum Gasteiger partial charge on any atom is 0.191 e. The molecule has 0 aliphatic rings. The number of guanidine groups is 1. The third-order valence-electron chi connectivity index (χ3n) is 2.91. The van der Waals surface area contributed by atoms with Crippen molar-refractivity contribution in [2.45, 2.75) is 25.7 Å². The molecule has 0 atom stereocenters. The Balaban J connectivity index is 0.00000361. The van der Waals surface area contributed by atoms with Gasteiger partial charge in [-0.25, -0.2) is 0 Å². The molecule has 0 radical (unpaired) electrons. The number of halogens is 1. The van der Waals surface area contributed by atoms with Crippen LogP contribution in [0.25, 0.3) is 0 Å². The van der Waals surface area contributed by atoms with Gasteiger partial charge in [-0.1, -0.05) is 42.8 Å². The Morgan fingerprint density at radius 3 is 2.55 bits per heavy atom. The molecule has 0 unspecified atom stereocenters. The highest BCUT2D eigenvalue weighted by molar-refractivity contribution is 14.0. The first-order chi connectivity index (χ1) is 9.36. The first-order valence-electron chi connectivity index (χ1n) is 6.96. The van der Waals surface area contributed by atoms with Crippen molar-refractivity contribution in [1.82, 2.24) is 10.6 Å². The monoisotopic (exact) mass is 387 g/mol. The number of rotatable bonds is 8. The van der Waals surface area contributed by atoms with Crippen LogP contribution in [0.2, 0.25) is 0 Å². The van der Waals surface area contributed by atoms with E-state index in [1.165, 1.54) is 31.2 Å². The minimum atomic E-state index is 0. The van der Waals surface area contributed by atoms with Crippen LogP contribution in [0.15, 0.2) is 48.0 Å². The summed E-state index contributed by atoms with van der Waals surface area (Å²) < 4.78 is 0. The van der Waals surface area contributed by atoms with Crippen LogP contribution in [-0.2, 0) is 6.42 Å². The van der Waals surface area contributed by atoms with Gasteiger partial charge < -0.3 is 10.6 Å². The molecule has 0 aromatic heterocycles. The molecule has 0 spiro atoms. The number of benzene rings is 1. The Hall–Kier alpha value is -1.04. The summed E-state index contributed by atoms with van der Waals surface area (Å²) in [6, 6.07) is 10.7. The average Bonchev–Trinajstić information content (AvgIpc) is 2.47. The lowest BCUT2D eigenvalue weighted by Crippen LogP contribution is -2.37. The molecular weight excluding hydrogens is 361 g/mol. The number of nitrogens with zero attached hydrogens (tertiary/aromatic N) is 1. The van der Waals surface area contributed by atoms with Gasteiger partial charge in [-0.3, -0.25) is 4.99 Å². The van der Waals surface area contributed by atoms with Gasteiger partial charge in [0.1, 0.15) is 0 Å². The Labute approximate surface area is 140 Å². The van der Waals surface area contributed by atoms with Crippen LogP contribution in [0.3, 0.4) is 0 Å². The van der Waals surface area contributed by atoms with E-state index in [-0.39, 0.29) is 24.0 Å². The van der Waals surface area contributed by atoms with E-state index in [9.17, 15) is 0 Å². The zero-order valence-corrected chi connectivity index (χ0v) is 14.6. The van der Waals surface area contributed by atoms with E-state index in [2.05, 4.69) is 52.5 Å². The van der Waals surface area contributed by atoms with Crippen molar-refractivity contribution in [3.63, 3.8) is 0 Å². The Bertz CT molecular complexity index is 377. The lowest BCUT2D eigenvalue weighted by molar-refractivity contribution is 0.658. The van der Waals surface area contributed by atoms with Crippen molar-refractivity contribution in [3.05, 3.63) is 48.6 Å². The smallest absolute Gasteiger partial charge is 0.191 e. The number of aryl methyl sites for hydroxylation is 1. The fourth-order valence-electron chi connectivity index (χ4n) is 1.87. The molecule has 0 saturated carbocycles. The molecule has 2 N–H and O–H groups in total. The maximum absolute atomic E-state index is 4.14. The van der Waals surface area contributed by atoms with E-state index in [0.29, 0.717) is 0 Å². The SMILES string of the molecule is C=CCNC(=NC)NCCCCCc1ccccc1.I. The predicted molar refractivity (Wildman–Crippen MR) is 99.0 cm³/mol. The molecule has 0 heterocycles. The third-order valence-corrected chi connectivity index (χ3v) is 2.91. The number of hydrogen-bond acceptors (Lipinski definition) is 1. The molecule has 3 nitrogen and oxygen atoms in total. The van der Waals surface area contributed by atoms with Gasteiger partial charge in [-0.2, -0.15) is 0 Å². The highest BCUT2D eigenvalue weighted by Crippen LogP contribution is 2.05. The molecule has 20 heavy (non-hydrogen) atoms. The molecule has 0 fully saturated rings. The van der Waals surface area contributed by atoms with Crippen LogP contribution in [0.1, 0.15) is 24.8 Å². The van der Waals surface area contributed by atoms with Crippen molar-refractivity contribution in [2.75, 3.05) is 20.1 Å². The Morgan fingerprint density at radius 2 is 1.90 bits per heavy atom. The summed E-state index contributed by atoms with van der Waals surface area (Å²) in [5, 5.41) is 6.45. The van der Waals surface area contributed by atoms with Crippen LogP contribution >= 0.6 is 24.0 Å². The van der Waals surface area contributed by atoms with Crippen molar-refractivity contribution in [3.8, 4) is 0 Å². The maximum atomic E-state index is 4.14. The summed E-state index contributed by atoms with van der Waals surface area (Å²) >= 11 is 0. The Kier molecular flexibility index (Phi) is 12.3. The van der Waals surface area contributed by atoms with E-state index in [4.69, 9.17) is 0 Å². The van der Waals surface area contributed by atoms with Crippen LogP contribution in [0.5, 0.6) is 0 Å². The molecule has 1 aromatic carbocycles. The van der Waals surface area contributed by atoms with E-state index in [0.717, 1.165) is 19.0 Å². The lowest BCUT2D eigenvalue weighted by atomic mass is 10.1. The molecule has 0 aliphatic heterocycles. The molecule has 0 aliphatic carbocycles. The van der Waals surface area contributed by atoms with E-state index in [1.54, 1.807) is 7.05 Å². The largest absolute Gasteiger partial charge is 0.356 e. The van der Waals surface area contributed by atoms with Crippen molar-refractivity contribution in [2.24, 2.45) is 4.99 Å². The fourth-order valence-corrected chi connectivity index (χ4v) is 1.87. The lowest BCUT2D eigenvalue weighted by Gasteiger charge is -2.10. The van der Waals surface area contributed by atoms with Crippen LogP contribution < -0.4 is 10.6 Å². The minimum Gasteiger partial charge on any atom is -0.356 e. The molecule has 0 bridgehead atoms. The molecule has 4 heteroatoms. The summed E-state index contributed by atoms with van der Waals surface area (Å²) in [6.07, 6.45) is 6.64.